The van der Waals surface area contributed by atoms with Crippen LogP contribution in [0.4, 0.5) is 0 Å². The zero-order chi connectivity index (χ0) is 74.6. The van der Waals surface area contributed by atoms with Gasteiger partial charge in [0.1, 0.15) is 13.2 Å². The maximum atomic E-state index is 13.0. The van der Waals surface area contributed by atoms with E-state index in [4.69, 9.17) is 18.9 Å². The number of ether oxygens (including phenoxy) is 4. The fourth-order valence-electron chi connectivity index (χ4n) is 12.9. The van der Waals surface area contributed by atoms with E-state index in [1.54, 1.807) is 0 Å². The molecule has 0 radical (unpaired) electrons. The van der Waals surface area contributed by atoms with Gasteiger partial charge < -0.3 is 33.3 Å². The van der Waals surface area contributed by atoms with Gasteiger partial charge in [0.25, 0.3) is 0 Å². The van der Waals surface area contributed by atoms with E-state index in [0.717, 1.165) is 89.9 Å². The van der Waals surface area contributed by atoms with Crippen LogP contribution < -0.4 is 5.11 Å². The van der Waals surface area contributed by atoms with E-state index in [1.165, 1.54) is 289 Å². The third-order valence-corrected chi connectivity index (χ3v) is 19.5. The molecular formula is C94H167NO8. The predicted molar refractivity (Wildman–Crippen MR) is 444 cm³/mol. The van der Waals surface area contributed by atoms with Crippen molar-refractivity contribution < 1.29 is 42.9 Å². The van der Waals surface area contributed by atoms with Crippen LogP contribution in [0.1, 0.15) is 412 Å². The zero-order valence-corrected chi connectivity index (χ0v) is 68.4. The number of aliphatic carboxylic acids is 1. The van der Waals surface area contributed by atoms with Crippen molar-refractivity contribution in [2.24, 2.45) is 0 Å². The van der Waals surface area contributed by atoms with Gasteiger partial charge in [0.2, 0.25) is 0 Å². The Morgan fingerprint density at radius 2 is 0.524 bits per heavy atom. The Labute approximate surface area is 638 Å². The molecule has 0 aliphatic heterocycles. The van der Waals surface area contributed by atoms with Gasteiger partial charge in [0.05, 0.1) is 40.3 Å². The summed E-state index contributed by atoms with van der Waals surface area (Å²) in [7, 11) is 5.95. The van der Waals surface area contributed by atoms with Gasteiger partial charge in [-0.1, -0.05) is 412 Å². The molecule has 0 aromatic heterocycles. The summed E-state index contributed by atoms with van der Waals surface area (Å²) in [4.78, 5) is 37.7. The Kier molecular flexibility index (Phi) is 80.3. The molecular weight excluding hydrogens is 1270 g/mol. The highest BCUT2D eigenvalue weighted by Crippen LogP contribution is 2.20. The fourth-order valence-corrected chi connectivity index (χ4v) is 12.9. The van der Waals surface area contributed by atoms with Crippen LogP contribution in [0.25, 0.3) is 0 Å². The first-order valence-corrected chi connectivity index (χ1v) is 44.0. The van der Waals surface area contributed by atoms with E-state index in [-0.39, 0.29) is 32.2 Å². The lowest BCUT2D eigenvalue weighted by molar-refractivity contribution is -0.870. The number of hydrogen-bond acceptors (Lipinski definition) is 8. The number of carboxylic acid groups (broad SMARTS) is 1. The molecule has 596 valence electrons. The van der Waals surface area contributed by atoms with Crippen molar-refractivity contribution in [3.05, 3.63) is 109 Å². The molecule has 0 aromatic rings. The molecule has 9 nitrogen and oxygen atoms in total. The summed E-state index contributed by atoms with van der Waals surface area (Å²) in [5, 5.41) is 11.9. The third-order valence-electron chi connectivity index (χ3n) is 19.5. The largest absolute Gasteiger partial charge is 0.545 e. The predicted octanol–water partition coefficient (Wildman–Crippen LogP) is 27.5. The van der Waals surface area contributed by atoms with Gasteiger partial charge in [0, 0.05) is 12.8 Å². The lowest BCUT2D eigenvalue weighted by Crippen LogP contribution is -2.44. The van der Waals surface area contributed by atoms with Gasteiger partial charge >= 0.3 is 11.9 Å². The summed E-state index contributed by atoms with van der Waals surface area (Å²) in [5.41, 5.74) is 0. The summed E-state index contributed by atoms with van der Waals surface area (Å²) in [5.74, 6) is -2.25. The molecule has 0 aliphatic rings. The summed E-state index contributed by atoms with van der Waals surface area (Å²) >= 11 is 0. The van der Waals surface area contributed by atoms with Gasteiger partial charge in [-0.15, -0.1) is 0 Å². The lowest BCUT2D eigenvalue weighted by Gasteiger charge is -2.26. The summed E-state index contributed by atoms with van der Waals surface area (Å²) in [6.07, 6.45) is 115. The standard InChI is InChI=1S/C94H167NO8/c1-6-8-10-12-14-16-18-20-22-24-26-28-30-32-34-36-38-40-42-44-45-46-47-49-51-53-55-57-59-61-63-65-67-69-71-73-75-77-79-81-83-85-92(97)103-90(89-102-94(93(98)99)100-87-86-95(3,4)5)88-101-91(96)84-82-80-78-76-74-72-70-68-66-64-62-60-58-56-54-52-50-48-43-41-39-37-35-33-31-29-27-25-23-21-19-17-15-13-11-9-7-2/h8-11,14-17,20-23,26-29,32,34,90,94H,6-7,12-13,18-19,24-25,30-31,33,35-89H2,1-5H3/b10-8-,11-9-,16-14-,17-15-,22-20-,23-21-,28-26-,29-27-,34-32-. The van der Waals surface area contributed by atoms with Crippen molar-refractivity contribution >= 4 is 17.9 Å². The Balaban J connectivity index is 3.92. The number of carbonyl (C=O) groups is 3. The van der Waals surface area contributed by atoms with E-state index < -0.39 is 24.3 Å². The first kappa shape index (κ1) is 98.9. The van der Waals surface area contributed by atoms with E-state index in [9.17, 15) is 19.5 Å². The van der Waals surface area contributed by atoms with Crippen LogP contribution in [0, 0.1) is 0 Å². The van der Waals surface area contributed by atoms with Crippen LogP contribution >= 0.6 is 0 Å². The zero-order valence-electron chi connectivity index (χ0n) is 68.4. The maximum absolute atomic E-state index is 13.0. The second-order valence-electron chi connectivity index (χ2n) is 30.8. The van der Waals surface area contributed by atoms with E-state index >= 15 is 0 Å². The molecule has 0 heterocycles. The third kappa shape index (κ3) is 85.1. The highest BCUT2D eigenvalue weighted by atomic mass is 16.7. The van der Waals surface area contributed by atoms with Crippen molar-refractivity contribution in [3.8, 4) is 0 Å². The second-order valence-corrected chi connectivity index (χ2v) is 30.8. The van der Waals surface area contributed by atoms with E-state index in [0.29, 0.717) is 23.9 Å². The number of carbonyl (C=O) groups excluding carboxylic acids is 3. The van der Waals surface area contributed by atoms with Gasteiger partial charge in [0.15, 0.2) is 12.4 Å². The van der Waals surface area contributed by atoms with Gasteiger partial charge in [-0.3, -0.25) is 9.59 Å². The SMILES string of the molecule is CC/C=C\C/C=C\C/C=C\C/C=C\C/C=C\CCCCCCCCCCCCCCCCCCCCCCCCCCCC(=O)OC(COC(=O)CCCCCCCCCCCCCCCCCCCCCCCCCC/C=C\C/C=C\C/C=C\C/C=C\CC)COC(OCC[N+](C)(C)C)C(=O)[O-]. The molecule has 0 fully saturated rings. The van der Waals surface area contributed by atoms with Crippen LogP contribution in [0.15, 0.2) is 109 Å². The number of carboxylic acids is 1. The smallest absolute Gasteiger partial charge is 0.306 e. The second kappa shape index (κ2) is 83.6. The van der Waals surface area contributed by atoms with Crippen molar-refractivity contribution in [3.63, 3.8) is 0 Å². The van der Waals surface area contributed by atoms with Crippen molar-refractivity contribution in [1.29, 1.82) is 0 Å². The number of unbranched alkanes of at least 4 members (excludes halogenated alkanes) is 49. The lowest BCUT2D eigenvalue weighted by atomic mass is 10.0. The van der Waals surface area contributed by atoms with Gasteiger partial charge in [-0.25, -0.2) is 0 Å². The van der Waals surface area contributed by atoms with Crippen LogP contribution in [-0.2, 0) is 33.3 Å². The molecule has 0 N–H and O–H groups in total. The molecule has 2 unspecified atom stereocenters. The molecule has 0 amide bonds. The Morgan fingerprint density at radius 3 is 0.777 bits per heavy atom. The van der Waals surface area contributed by atoms with Crippen LogP contribution in [0.3, 0.4) is 0 Å². The van der Waals surface area contributed by atoms with Gasteiger partial charge in [-0.2, -0.15) is 0 Å². The van der Waals surface area contributed by atoms with Gasteiger partial charge in [-0.05, 0) is 96.3 Å². The highest BCUT2D eigenvalue weighted by molar-refractivity contribution is 5.70. The number of esters is 2. The first-order valence-electron chi connectivity index (χ1n) is 44.0. The fraction of sp³-hybridized carbons (Fsp3) is 0.777. The molecule has 103 heavy (non-hydrogen) atoms. The molecule has 0 aromatic carbocycles. The number of rotatable bonds is 82. The number of nitrogens with zero attached hydrogens (tertiary/aromatic N) is 1. The number of quaternary nitrogens is 1. The molecule has 0 aliphatic carbocycles. The van der Waals surface area contributed by atoms with Crippen molar-refractivity contribution in [2.45, 2.75) is 424 Å². The molecule has 0 saturated carbocycles. The minimum Gasteiger partial charge on any atom is -0.545 e. The molecule has 0 rings (SSSR count). The molecule has 0 saturated heterocycles. The summed E-state index contributed by atoms with van der Waals surface area (Å²) < 4.78 is 22.9. The van der Waals surface area contributed by atoms with Crippen molar-refractivity contribution in [2.75, 3.05) is 47.5 Å². The summed E-state index contributed by atoms with van der Waals surface area (Å²) in [6.45, 7) is 4.58. The molecule has 0 spiro atoms. The van der Waals surface area contributed by atoms with E-state index in [2.05, 4.69) is 123 Å². The minimum absolute atomic E-state index is 0.149. The molecule has 9 heteroatoms. The Bertz CT molecular complexity index is 2070. The van der Waals surface area contributed by atoms with Crippen LogP contribution in [0.2, 0.25) is 0 Å². The Hall–Kier alpha value is -4.05. The van der Waals surface area contributed by atoms with Crippen LogP contribution in [-0.4, -0.2) is 82.3 Å². The van der Waals surface area contributed by atoms with Crippen molar-refractivity contribution in [1.82, 2.24) is 0 Å². The highest BCUT2D eigenvalue weighted by Gasteiger charge is 2.22. The average molecular weight is 1440 g/mol. The summed E-state index contributed by atoms with van der Waals surface area (Å²) in [6, 6.07) is 0. The molecule has 2 atom stereocenters. The van der Waals surface area contributed by atoms with Crippen LogP contribution in [0.5, 0.6) is 0 Å². The number of hydrogen-bond donors (Lipinski definition) is 0. The average Bonchev–Trinajstić information content (AvgIpc) is 1.01. The normalized spacial score (nSPS) is 13.1. The number of likely N-dealkylation sites (N-methyl/N-ethyl adjacent to an activating group) is 1. The quantitative estimate of drug-likeness (QED) is 0.0195. The van der Waals surface area contributed by atoms with E-state index in [1.807, 2.05) is 21.1 Å². The Morgan fingerprint density at radius 1 is 0.291 bits per heavy atom. The first-order chi connectivity index (χ1) is 50.6. The topological polar surface area (TPSA) is 111 Å². The monoisotopic (exact) mass is 1440 g/mol. The minimum atomic E-state index is -1.62. The maximum Gasteiger partial charge on any atom is 0.306 e. The number of allylic oxidation sites excluding steroid dienone is 18. The molecule has 0 bridgehead atoms.